The van der Waals surface area contributed by atoms with Crippen molar-refractivity contribution in [3.8, 4) is 0 Å². The number of H-pyrrole nitrogens is 1. The molecule has 1 saturated heterocycles. The molecule has 4 heterocycles. The largest absolute Gasteiger partial charge is 0.417 e. The van der Waals surface area contributed by atoms with Crippen molar-refractivity contribution in [2.24, 2.45) is 0 Å². The highest BCUT2D eigenvalue weighted by Gasteiger charge is 2.38. The highest BCUT2D eigenvalue weighted by Crippen LogP contribution is 2.41. The first kappa shape index (κ1) is 19.1. The van der Waals surface area contributed by atoms with Crippen LogP contribution in [0.1, 0.15) is 70.7 Å². The molecular weight excluding hydrogens is 399 g/mol. The molecule has 2 aliphatic rings. The van der Waals surface area contributed by atoms with Gasteiger partial charge >= 0.3 is 6.18 Å². The molecule has 1 saturated carbocycles. The van der Waals surface area contributed by atoms with Crippen molar-refractivity contribution in [1.82, 2.24) is 25.2 Å². The summed E-state index contributed by atoms with van der Waals surface area (Å²) in [5, 5.41) is 10.9. The molecule has 3 aromatic heterocycles. The van der Waals surface area contributed by atoms with E-state index < -0.39 is 11.7 Å². The van der Waals surface area contributed by atoms with Crippen LogP contribution in [-0.2, 0) is 6.18 Å². The van der Waals surface area contributed by atoms with Crippen molar-refractivity contribution in [2.75, 3.05) is 13.1 Å². The minimum Gasteiger partial charge on any atom is -0.337 e. The topological polar surface area (TPSA) is 87.9 Å². The zero-order chi connectivity index (χ0) is 21.0. The molecule has 1 atom stereocenters. The van der Waals surface area contributed by atoms with Gasteiger partial charge in [-0.1, -0.05) is 5.16 Å². The molecule has 10 heteroatoms. The first-order valence-electron chi connectivity index (χ1n) is 10.00. The first-order chi connectivity index (χ1) is 14.3. The number of hydrogen-bond acceptors (Lipinski definition) is 5. The maximum absolute atomic E-state index is 13.6. The van der Waals surface area contributed by atoms with E-state index in [0.29, 0.717) is 31.0 Å². The lowest BCUT2D eigenvalue weighted by Crippen LogP contribution is -2.39. The lowest BCUT2D eigenvalue weighted by Gasteiger charge is -2.31. The van der Waals surface area contributed by atoms with Gasteiger partial charge in [-0.05, 0) is 44.7 Å². The van der Waals surface area contributed by atoms with Crippen LogP contribution in [0.5, 0.6) is 0 Å². The Morgan fingerprint density at radius 1 is 1.23 bits per heavy atom. The lowest BCUT2D eigenvalue weighted by molar-refractivity contribution is -0.136. The SMILES string of the molecule is Cc1cc(C(F)(F)F)c2c([C@@H]3CCCN(C(=O)c4cc(C5CC5)[nH]n4)C3)noc2n1. The fourth-order valence-electron chi connectivity index (χ4n) is 4.19. The summed E-state index contributed by atoms with van der Waals surface area (Å²) in [4.78, 5) is 18.6. The number of piperidine rings is 1. The number of alkyl halides is 3. The fraction of sp³-hybridized carbons (Fsp3) is 0.500. The van der Waals surface area contributed by atoms with E-state index in [4.69, 9.17) is 4.52 Å². The summed E-state index contributed by atoms with van der Waals surface area (Å²) in [6, 6.07) is 2.79. The van der Waals surface area contributed by atoms with E-state index in [-0.39, 0.29) is 40.9 Å². The molecule has 0 radical (unpaired) electrons. The Hall–Kier alpha value is -2.91. The van der Waals surface area contributed by atoms with Gasteiger partial charge in [0.1, 0.15) is 5.69 Å². The quantitative estimate of drug-likeness (QED) is 0.688. The molecule has 7 nitrogen and oxygen atoms in total. The standard InChI is InChI=1S/C20H20F3N5O2/c1-10-7-13(20(21,22)23)16-17(27-30-18(16)24-10)12-3-2-6-28(9-12)19(29)15-8-14(25-26-15)11-4-5-11/h7-8,11-12H,2-6,9H2,1H3,(H,25,26)/t12-/m1/s1. The van der Waals surface area contributed by atoms with Crippen LogP contribution in [0.4, 0.5) is 13.2 Å². The highest BCUT2D eigenvalue weighted by atomic mass is 19.4. The van der Waals surface area contributed by atoms with Crippen LogP contribution in [-0.4, -0.2) is 44.2 Å². The minimum absolute atomic E-state index is 0.108. The van der Waals surface area contributed by atoms with Crippen LogP contribution < -0.4 is 0 Å². The second-order valence-corrected chi connectivity index (χ2v) is 8.13. The minimum atomic E-state index is -4.55. The molecule has 1 N–H and O–H groups in total. The average molecular weight is 419 g/mol. The van der Waals surface area contributed by atoms with E-state index in [1.807, 2.05) is 0 Å². The maximum Gasteiger partial charge on any atom is 0.417 e. The van der Waals surface area contributed by atoms with Crippen molar-refractivity contribution >= 4 is 17.0 Å². The van der Waals surface area contributed by atoms with Gasteiger partial charge in [-0.2, -0.15) is 18.3 Å². The number of halogens is 3. The van der Waals surface area contributed by atoms with Crippen molar-refractivity contribution in [1.29, 1.82) is 0 Å². The van der Waals surface area contributed by atoms with Crippen LogP contribution in [0.2, 0.25) is 0 Å². The summed E-state index contributed by atoms with van der Waals surface area (Å²) in [5.74, 6) is -0.136. The second-order valence-electron chi connectivity index (χ2n) is 8.13. The normalized spacial score (nSPS) is 20.1. The van der Waals surface area contributed by atoms with Crippen molar-refractivity contribution < 1.29 is 22.5 Å². The third-order valence-electron chi connectivity index (χ3n) is 5.84. The molecule has 2 fully saturated rings. The summed E-state index contributed by atoms with van der Waals surface area (Å²) >= 11 is 0. The number of aryl methyl sites for hydroxylation is 1. The molecule has 0 spiro atoms. The number of hydrogen-bond donors (Lipinski definition) is 1. The van der Waals surface area contributed by atoms with Gasteiger partial charge in [-0.25, -0.2) is 4.98 Å². The Morgan fingerprint density at radius 3 is 2.77 bits per heavy atom. The molecule has 0 unspecified atom stereocenters. The number of aromatic nitrogens is 4. The van der Waals surface area contributed by atoms with Gasteiger partial charge in [0.15, 0.2) is 0 Å². The monoisotopic (exact) mass is 419 g/mol. The predicted molar refractivity (Wildman–Crippen MR) is 100.0 cm³/mol. The van der Waals surface area contributed by atoms with E-state index in [1.54, 1.807) is 11.0 Å². The summed E-state index contributed by atoms with van der Waals surface area (Å²) in [7, 11) is 0. The van der Waals surface area contributed by atoms with Gasteiger partial charge < -0.3 is 9.42 Å². The molecule has 158 valence electrons. The number of nitrogens with zero attached hydrogens (tertiary/aromatic N) is 4. The van der Waals surface area contributed by atoms with Crippen LogP contribution in [0, 0.1) is 6.92 Å². The van der Waals surface area contributed by atoms with Crippen molar-refractivity contribution in [2.45, 2.75) is 50.6 Å². The number of pyridine rings is 1. The molecule has 1 aliphatic heterocycles. The number of rotatable bonds is 3. The Bertz CT molecular complexity index is 1120. The number of fused-ring (bicyclic) bond motifs is 1. The van der Waals surface area contributed by atoms with Gasteiger partial charge in [-0.15, -0.1) is 0 Å². The molecular formula is C20H20F3N5O2. The zero-order valence-corrected chi connectivity index (χ0v) is 16.3. The number of amides is 1. The third-order valence-corrected chi connectivity index (χ3v) is 5.84. The van der Waals surface area contributed by atoms with Crippen LogP contribution in [0.25, 0.3) is 11.1 Å². The van der Waals surface area contributed by atoms with Crippen LogP contribution >= 0.6 is 0 Å². The summed E-state index contributed by atoms with van der Waals surface area (Å²) in [6.45, 7) is 2.27. The van der Waals surface area contributed by atoms with Crippen LogP contribution in [0.15, 0.2) is 16.7 Å². The average Bonchev–Trinajstić information content (AvgIpc) is 3.29. The fourth-order valence-corrected chi connectivity index (χ4v) is 4.19. The van der Waals surface area contributed by atoms with Gasteiger partial charge in [0, 0.05) is 36.3 Å². The lowest BCUT2D eigenvalue weighted by atomic mass is 9.91. The van der Waals surface area contributed by atoms with Gasteiger partial charge in [0.25, 0.3) is 11.6 Å². The van der Waals surface area contributed by atoms with Gasteiger partial charge in [0.05, 0.1) is 16.6 Å². The second kappa shape index (κ2) is 6.82. The molecule has 0 bridgehead atoms. The third kappa shape index (κ3) is 3.33. The van der Waals surface area contributed by atoms with Crippen LogP contribution in [0.3, 0.4) is 0 Å². The van der Waals surface area contributed by atoms with Gasteiger partial charge in [-0.3, -0.25) is 9.89 Å². The first-order valence-corrected chi connectivity index (χ1v) is 10.00. The molecule has 1 amide bonds. The van der Waals surface area contributed by atoms with E-state index >= 15 is 0 Å². The van der Waals surface area contributed by atoms with E-state index in [0.717, 1.165) is 24.6 Å². The maximum atomic E-state index is 13.6. The Kier molecular flexibility index (Phi) is 4.33. The van der Waals surface area contributed by atoms with E-state index in [2.05, 4.69) is 20.3 Å². The van der Waals surface area contributed by atoms with Gasteiger partial charge in [0.2, 0.25) is 0 Å². The molecule has 0 aromatic carbocycles. The molecule has 5 rings (SSSR count). The zero-order valence-electron chi connectivity index (χ0n) is 16.3. The number of nitrogens with one attached hydrogen (secondary N) is 1. The predicted octanol–water partition coefficient (Wildman–Crippen LogP) is 4.17. The Labute approximate surface area is 169 Å². The molecule has 30 heavy (non-hydrogen) atoms. The molecule has 3 aromatic rings. The number of carbonyl (C=O) groups is 1. The number of aromatic amines is 1. The van der Waals surface area contributed by atoms with Crippen molar-refractivity contribution in [3.63, 3.8) is 0 Å². The number of likely N-dealkylation sites (tertiary alicyclic amines) is 1. The Balaban J connectivity index is 1.44. The van der Waals surface area contributed by atoms with E-state index in [1.165, 1.54) is 6.92 Å². The smallest absolute Gasteiger partial charge is 0.337 e. The van der Waals surface area contributed by atoms with E-state index in [9.17, 15) is 18.0 Å². The Morgan fingerprint density at radius 2 is 2.03 bits per heavy atom. The summed E-state index contributed by atoms with van der Waals surface area (Å²) < 4.78 is 46.1. The van der Waals surface area contributed by atoms with Crippen molar-refractivity contribution in [3.05, 3.63) is 40.5 Å². The number of carbonyl (C=O) groups excluding carboxylic acids is 1. The summed E-state index contributed by atoms with van der Waals surface area (Å²) in [5.41, 5.74) is 0.806. The molecule has 1 aliphatic carbocycles. The highest BCUT2D eigenvalue weighted by molar-refractivity contribution is 5.92. The summed E-state index contributed by atoms with van der Waals surface area (Å²) in [6.07, 6.45) is -1.09.